The third-order valence-corrected chi connectivity index (χ3v) is 2.63. The number of amides is 2. The Labute approximate surface area is 97.4 Å². The molecule has 16 heavy (non-hydrogen) atoms. The number of hydrogen-bond donors (Lipinski definition) is 1. The van der Waals surface area contributed by atoms with E-state index in [0.29, 0.717) is 18.8 Å². The summed E-state index contributed by atoms with van der Waals surface area (Å²) in [6.45, 7) is 0.966. The number of thiocarbonyl (C=S) groups is 1. The molecule has 2 amide bonds. The number of urea groups is 1. The van der Waals surface area contributed by atoms with E-state index in [1.807, 2.05) is 0 Å². The van der Waals surface area contributed by atoms with Crippen LogP contribution >= 0.6 is 12.2 Å². The van der Waals surface area contributed by atoms with Gasteiger partial charge in [-0.2, -0.15) is 0 Å². The van der Waals surface area contributed by atoms with Crippen LogP contribution < -0.4 is 10.6 Å². The fraction of sp³-hybridized carbons (Fsp3) is 0.200. The molecule has 1 fully saturated rings. The molecule has 0 aliphatic carbocycles. The molecule has 0 radical (unpaired) electrons. The van der Waals surface area contributed by atoms with E-state index < -0.39 is 0 Å². The second kappa shape index (κ2) is 4.05. The Morgan fingerprint density at radius 3 is 2.44 bits per heavy atom. The quantitative estimate of drug-likeness (QED) is 0.752. The first-order chi connectivity index (χ1) is 7.59. The van der Waals surface area contributed by atoms with Gasteiger partial charge in [0, 0.05) is 18.8 Å². The van der Waals surface area contributed by atoms with Crippen LogP contribution in [0.3, 0.4) is 0 Å². The topological polar surface area (TPSA) is 49.6 Å². The van der Waals surface area contributed by atoms with Crippen LogP contribution in [-0.4, -0.2) is 29.1 Å². The van der Waals surface area contributed by atoms with Gasteiger partial charge >= 0.3 is 6.03 Å². The largest absolute Gasteiger partial charge is 0.376 e. The summed E-state index contributed by atoms with van der Waals surface area (Å²) in [4.78, 5) is 14.7. The fourth-order valence-corrected chi connectivity index (χ4v) is 1.77. The van der Waals surface area contributed by atoms with Crippen molar-refractivity contribution < 1.29 is 9.18 Å². The van der Waals surface area contributed by atoms with Crippen molar-refractivity contribution in [1.82, 2.24) is 4.90 Å². The van der Waals surface area contributed by atoms with E-state index >= 15 is 0 Å². The third-order valence-electron chi connectivity index (χ3n) is 2.41. The van der Waals surface area contributed by atoms with Crippen LogP contribution in [0, 0.1) is 5.82 Å². The molecule has 0 atom stereocenters. The highest BCUT2D eigenvalue weighted by Gasteiger charge is 2.30. The second-order valence-electron chi connectivity index (χ2n) is 3.40. The van der Waals surface area contributed by atoms with Crippen molar-refractivity contribution >= 4 is 29.0 Å². The van der Waals surface area contributed by atoms with Crippen molar-refractivity contribution in [3.63, 3.8) is 0 Å². The van der Waals surface area contributed by atoms with Crippen molar-refractivity contribution in [2.24, 2.45) is 5.73 Å². The molecule has 2 rings (SSSR count). The van der Waals surface area contributed by atoms with Gasteiger partial charge in [-0.1, -0.05) is 0 Å². The number of carbonyl (C=O) groups is 1. The van der Waals surface area contributed by atoms with Gasteiger partial charge in [0.15, 0.2) is 5.11 Å². The van der Waals surface area contributed by atoms with Crippen LogP contribution in [-0.2, 0) is 0 Å². The van der Waals surface area contributed by atoms with Crippen molar-refractivity contribution in [1.29, 1.82) is 0 Å². The number of carbonyl (C=O) groups excluding carboxylic acids is 1. The first-order valence-electron chi connectivity index (χ1n) is 4.73. The number of anilines is 1. The molecule has 1 aliphatic heterocycles. The van der Waals surface area contributed by atoms with E-state index in [0.717, 1.165) is 0 Å². The predicted molar refractivity (Wildman–Crippen MR) is 62.6 cm³/mol. The maximum absolute atomic E-state index is 12.7. The van der Waals surface area contributed by atoms with Gasteiger partial charge in [0.25, 0.3) is 0 Å². The molecule has 1 aromatic carbocycles. The number of halogens is 1. The Bertz CT molecular complexity index is 434. The molecule has 0 bridgehead atoms. The Kier molecular flexibility index (Phi) is 2.74. The van der Waals surface area contributed by atoms with Crippen LogP contribution in [0.2, 0.25) is 0 Å². The van der Waals surface area contributed by atoms with Crippen molar-refractivity contribution in [3.8, 4) is 0 Å². The molecule has 0 spiro atoms. The Hall–Kier alpha value is -1.69. The Morgan fingerprint density at radius 2 is 1.94 bits per heavy atom. The number of nitrogens with zero attached hydrogens (tertiary/aromatic N) is 2. The summed E-state index contributed by atoms with van der Waals surface area (Å²) in [6, 6.07) is 5.46. The summed E-state index contributed by atoms with van der Waals surface area (Å²) in [5, 5.41) is 0.0645. The highest BCUT2D eigenvalue weighted by atomic mass is 32.1. The van der Waals surface area contributed by atoms with E-state index in [1.165, 1.54) is 21.9 Å². The molecular formula is C10H10FN3OS. The zero-order valence-corrected chi connectivity index (χ0v) is 9.21. The molecule has 1 aliphatic rings. The van der Waals surface area contributed by atoms with Gasteiger partial charge in [0.05, 0.1) is 0 Å². The minimum atomic E-state index is -0.332. The minimum absolute atomic E-state index is 0.0645. The summed E-state index contributed by atoms with van der Waals surface area (Å²) in [5.74, 6) is -0.332. The lowest BCUT2D eigenvalue weighted by Crippen LogP contribution is -2.39. The standard InChI is InChI=1S/C10H10FN3OS/c11-7-1-3-8(4-2-7)13-5-6-14(9(12)16)10(13)15/h1-4H,5-6H2,(H2,12,16). The summed E-state index contributed by atoms with van der Waals surface area (Å²) in [6.07, 6.45) is 0. The zero-order valence-electron chi connectivity index (χ0n) is 8.39. The summed E-state index contributed by atoms with van der Waals surface area (Å²) < 4.78 is 12.7. The smallest absolute Gasteiger partial charge is 0.330 e. The zero-order chi connectivity index (χ0) is 11.7. The van der Waals surface area contributed by atoms with Gasteiger partial charge in [0.1, 0.15) is 5.82 Å². The molecule has 1 saturated heterocycles. The molecule has 84 valence electrons. The van der Waals surface area contributed by atoms with E-state index in [9.17, 15) is 9.18 Å². The maximum Gasteiger partial charge on any atom is 0.330 e. The number of nitrogens with two attached hydrogens (primary N) is 1. The number of benzene rings is 1. The van der Waals surface area contributed by atoms with Crippen LogP contribution in [0.1, 0.15) is 0 Å². The lowest BCUT2D eigenvalue weighted by molar-refractivity contribution is 0.238. The first kappa shape index (κ1) is 10.8. The Balaban J connectivity index is 2.21. The highest BCUT2D eigenvalue weighted by molar-refractivity contribution is 7.80. The van der Waals surface area contributed by atoms with Crippen molar-refractivity contribution in [2.45, 2.75) is 0 Å². The molecule has 4 nitrogen and oxygen atoms in total. The molecule has 1 heterocycles. The van der Waals surface area contributed by atoms with Gasteiger partial charge < -0.3 is 5.73 Å². The molecular weight excluding hydrogens is 229 g/mol. The van der Waals surface area contributed by atoms with Crippen molar-refractivity contribution in [3.05, 3.63) is 30.1 Å². The first-order valence-corrected chi connectivity index (χ1v) is 5.14. The monoisotopic (exact) mass is 239 g/mol. The predicted octanol–water partition coefficient (Wildman–Crippen LogP) is 1.31. The second-order valence-corrected chi connectivity index (χ2v) is 3.82. The fourth-order valence-electron chi connectivity index (χ4n) is 1.60. The third kappa shape index (κ3) is 1.83. The summed E-state index contributed by atoms with van der Waals surface area (Å²) in [7, 11) is 0. The summed E-state index contributed by atoms with van der Waals surface area (Å²) in [5.41, 5.74) is 6.05. The Morgan fingerprint density at radius 1 is 1.31 bits per heavy atom. The van der Waals surface area contributed by atoms with Gasteiger partial charge in [0.2, 0.25) is 0 Å². The highest BCUT2D eigenvalue weighted by Crippen LogP contribution is 2.20. The average molecular weight is 239 g/mol. The van der Waals surface area contributed by atoms with E-state index in [-0.39, 0.29) is 17.0 Å². The van der Waals surface area contributed by atoms with Gasteiger partial charge in [-0.3, -0.25) is 9.80 Å². The van der Waals surface area contributed by atoms with Gasteiger partial charge in [-0.25, -0.2) is 9.18 Å². The van der Waals surface area contributed by atoms with Crippen LogP contribution in [0.25, 0.3) is 0 Å². The molecule has 1 aromatic rings. The lowest BCUT2D eigenvalue weighted by atomic mass is 10.3. The van der Waals surface area contributed by atoms with Gasteiger partial charge in [-0.05, 0) is 36.5 Å². The molecule has 6 heteroatoms. The lowest BCUT2D eigenvalue weighted by Gasteiger charge is -2.17. The number of rotatable bonds is 1. The maximum atomic E-state index is 12.7. The number of hydrogen-bond acceptors (Lipinski definition) is 2. The SMILES string of the molecule is NC(=S)N1CCN(c2ccc(F)cc2)C1=O. The van der Waals surface area contributed by atoms with Gasteiger partial charge in [-0.15, -0.1) is 0 Å². The average Bonchev–Trinajstić information content (AvgIpc) is 2.61. The molecule has 0 aromatic heterocycles. The normalized spacial score (nSPS) is 15.7. The summed E-state index contributed by atoms with van der Waals surface area (Å²) >= 11 is 4.75. The molecule has 0 saturated carbocycles. The molecule has 2 N–H and O–H groups in total. The van der Waals surface area contributed by atoms with Crippen LogP contribution in [0.5, 0.6) is 0 Å². The van der Waals surface area contributed by atoms with E-state index in [4.69, 9.17) is 18.0 Å². The minimum Gasteiger partial charge on any atom is -0.376 e. The molecule has 0 unspecified atom stereocenters. The van der Waals surface area contributed by atoms with Crippen LogP contribution in [0.4, 0.5) is 14.9 Å². The van der Waals surface area contributed by atoms with E-state index in [1.54, 1.807) is 12.1 Å². The van der Waals surface area contributed by atoms with Crippen molar-refractivity contribution in [2.75, 3.05) is 18.0 Å². The van der Waals surface area contributed by atoms with Crippen LogP contribution in [0.15, 0.2) is 24.3 Å². The van der Waals surface area contributed by atoms with E-state index in [2.05, 4.69) is 0 Å².